The summed E-state index contributed by atoms with van der Waals surface area (Å²) in [7, 11) is 0. The molecule has 0 bridgehead atoms. The van der Waals surface area contributed by atoms with Crippen molar-refractivity contribution in [1.82, 2.24) is 9.97 Å². The SMILES string of the molecule is Cc1nc(S[C@H]2CCCCC2=O)c2c(C)c(C)sc2n1. The van der Waals surface area contributed by atoms with Gasteiger partial charge in [-0.1, -0.05) is 18.2 Å². The van der Waals surface area contributed by atoms with Crippen LogP contribution in [0, 0.1) is 20.8 Å². The second kappa shape index (κ2) is 5.45. The predicted molar refractivity (Wildman–Crippen MR) is 84.7 cm³/mol. The van der Waals surface area contributed by atoms with E-state index in [1.165, 1.54) is 10.4 Å². The van der Waals surface area contributed by atoms with E-state index in [-0.39, 0.29) is 5.25 Å². The second-order valence-electron chi connectivity index (χ2n) is 5.36. The van der Waals surface area contributed by atoms with Crippen LogP contribution in [0.3, 0.4) is 0 Å². The maximum atomic E-state index is 12.0. The zero-order chi connectivity index (χ0) is 14.3. The van der Waals surface area contributed by atoms with E-state index >= 15 is 0 Å². The summed E-state index contributed by atoms with van der Waals surface area (Å²) in [6, 6.07) is 0. The lowest BCUT2D eigenvalue weighted by molar-refractivity contribution is -0.119. The molecule has 3 rings (SSSR count). The molecule has 0 aliphatic heterocycles. The van der Waals surface area contributed by atoms with Crippen LogP contribution in [0.4, 0.5) is 0 Å². The summed E-state index contributed by atoms with van der Waals surface area (Å²) < 4.78 is 0. The fourth-order valence-corrected chi connectivity index (χ4v) is 5.11. The Hall–Kier alpha value is -0.940. The fourth-order valence-electron chi connectivity index (χ4n) is 2.61. The van der Waals surface area contributed by atoms with E-state index in [0.717, 1.165) is 46.8 Å². The Bertz CT molecular complexity index is 678. The van der Waals surface area contributed by atoms with Gasteiger partial charge in [0.2, 0.25) is 0 Å². The summed E-state index contributed by atoms with van der Waals surface area (Å²) >= 11 is 3.37. The Balaban J connectivity index is 2.03. The molecule has 0 spiro atoms. The van der Waals surface area contributed by atoms with Crippen molar-refractivity contribution >= 4 is 39.1 Å². The zero-order valence-electron chi connectivity index (χ0n) is 12.0. The van der Waals surface area contributed by atoms with Gasteiger partial charge in [-0.25, -0.2) is 9.97 Å². The Morgan fingerprint density at radius 3 is 2.75 bits per heavy atom. The largest absolute Gasteiger partial charge is 0.298 e. The number of nitrogens with zero attached hydrogens (tertiary/aromatic N) is 2. The normalized spacial score (nSPS) is 19.8. The van der Waals surface area contributed by atoms with Crippen LogP contribution in [-0.4, -0.2) is 21.0 Å². The quantitative estimate of drug-likeness (QED) is 0.779. The maximum absolute atomic E-state index is 12.0. The summed E-state index contributed by atoms with van der Waals surface area (Å²) in [6.07, 6.45) is 3.91. The molecular formula is C15H18N2OS2. The van der Waals surface area contributed by atoms with Crippen molar-refractivity contribution in [3.05, 3.63) is 16.3 Å². The second-order valence-corrected chi connectivity index (χ2v) is 7.75. The van der Waals surface area contributed by atoms with E-state index in [1.54, 1.807) is 23.1 Å². The smallest absolute Gasteiger partial charge is 0.146 e. The van der Waals surface area contributed by atoms with Crippen molar-refractivity contribution in [2.24, 2.45) is 0 Å². The number of aryl methyl sites for hydroxylation is 3. The van der Waals surface area contributed by atoms with Crippen molar-refractivity contribution in [3.63, 3.8) is 0 Å². The number of thioether (sulfide) groups is 1. The van der Waals surface area contributed by atoms with E-state index in [4.69, 9.17) is 0 Å². The number of fused-ring (bicyclic) bond motifs is 1. The fraction of sp³-hybridized carbons (Fsp3) is 0.533. The molecule has 20 heavy (non-hydrogen) atoms. The minimum atomic E-state index is 0.0841. The average Bonchev–Trinajstić information content (AvgIpc) is 2.67. The molecule has 1 aliphatic carbocycles. The van der Waals surface area contributed by atoms with Gasteiger partial charge in [-0.15, -0.1) is 11.3 Å². The topological polar surface area (TPSA) is 42.9 Å². The first-order valence-electron chi connectivity index (χ1n) is 7.00. The van der Waals surface area contributed by atoms with Gasteiger partial charge in [0.25, 0.3) is 0 Å². The zero-order valence-corrected chi connectivity index (χ0v) is 13.7. The minimum absolute atomic E-state index is 0.0841. The lowest BCUT2D eigenvalue weighted by atomic mass is 9.99. The molecule has 1 atom stereocenters. The molecule has 0 unspecified atom stereocenters. The van der Waals surface area contributed by atoms with Crippen LogP contribution in [0.5, 0.6) is 0 Å². The highest BCUT2D eigenvalue weighted by Crippen LogP contribution is 2.38. The highest BCUT2D eigenvalue weighted by molar-refractivity contribution is 8.00. The van der Waals surface area contributed by atoms with Crippen LogP contribution in [-0.2, 0) is 4.79 Å². The molecule has 1 saturated carbocycles. The molecule has 106 valence electrons. The monoisotopic (exact) mass is 306 g/mol. The number of aromatic nitrogens is 2. The van der Waals surface area contributed by atoms with Gasteiger partial charge in [0.1, 0.15) is 21.5 Å². The Labute approximate surface area is 127 Å². The van der Waals surface area contributed by atoms with Crippen molar-refractivity contribution in [3.8, 4) is 0 Å². The lowest BCUT2D eigenvalue weighted by Crippen LogP contribution is -2.21. The van der Waals surface area contributed by atoms with Gasteiger partial charge < -0.3 is 0 Å². The summed E-state index contributed by atoms with van der Waals surface area (Å²) in [4.78, 5) is 23.5. The molecule has 1 aliphatic rings. The third-order valence-corrected chi connectivity index (χ3v) is 6.26. The molecule has 0 radical (unpaired) electrons. The molecule has 0 saturated heterocycles. The van der Waals surface area contributed by atoms with Gasteiger partial charge in [-0.2, -0.15) is 0 Å². The van der Waals surface area contributed by atoms with Crippen LogP contribution in [0.25, 0.3) is 10.2 Å². The van der Waals surface area contributed by atoms with Gasteiger partial charge in [0.15, 0.2) is 0 Å². The minimum Gasteiger partial charge on any atom is -0.298 e. The van der Waals surface area contributed by atoms with Crippen LogP contribution in [0.2, 0.25) is 0 Å². The van der Waals surface area contributed by atoms with Crippen LogP contribution in [0.1, 0.15) is 41.9 Å². The first-order chi connectivity index (χ1) is 9.56. The highest BCUT2D eigenvalue weighted by atomic mass is 32.2. The predicted octanol–water partition coefficient (Wildman–Crippen LogP) is 4.22. The molecule has 2 aromatic rings. The number of carbonyl (C=O) groups is 1. The van der Waals surface area contributed by atoms with Crippen molar-refractivity contribution in [2.75, 3.05) is 0 Å². The summed E-state index contributed by atoms with van der Waals surface area (Å²) in [5, 5.41) is 2.23. The van der Waals surface area contributed by atoms with Gasteiger partial charge in [-0.3, -0.25) is 4.79 Å². The number of hydrogen-bond acceptors (Lipinski definition) is 5. The summed E-state index contributed by atoms with van der Waals surface area (Å²) in [5.41, 5.74) is 1.26. The third-order valence-electron chi connectivity index (χ3n) is 3.86. The molecule has 5 heteroatoms. The van der Waals surface area contributed by atoms with Crippen LogP contribution >= 0.6 is 23.1 Å². The van der Waals surface area contributed by atoms with Crippen LogP contribution < -0.4 is 0 Å². The van der Waals surface area contributed by atoms with Crippen molar-refractivity contribution < 1.29 is 4.79 Å². The standard InChI is InChI=1S/C15H18N2OS2/c1-8-9(2)19-14-13(8)15(17-10(3)16-14)20-12-7-5-4-6-11(12)18/h12H,4-7H2,1-3H3/t12-/m0/s1. The number of thiophene rings is 1. The molecule has 1 fully saturated rings. The van der Waals surface area contributed by atoms with E-state index in [2.05, 4.69) is 23.8 Å². The number of Topliss-reactive ketones (excluding diaryl/α,β-unsaturated/α-hetero) is 1. The van der Waals surface area contributed by atoms with Crippen LogP contribution in [0.15, 0.2) is 5.03 Å². The van der Waals surface area contributed by atoms with Gasteiger partial charge in [0.05, 0.1) is 5.25 Å². The number of ketones is 1. The number of carbonyl (C=O) groups excluding carboxylic acids is 1. The van der Waals surface area contributed by atoms with E-state index in [9.17, 15) is 4.79 Å². The van der Waals surface area contributed by atoms with Gasteiger partial charge >= 0.3 is 0 Å². The van der Waals surface area contributed by atoms with E-state index in [0.29, 0.717) is 5.78 Å². The first-order valence-corrected chi connectivity index (χ1v) is 8.69. The average molecular weight is 306 g/mol. The lowest BCUT2D eigenvalue weighted by Gasteiger charge is -2.19. The number of hydrogen-bond donors (Lipinski definition) is 0. The summed E-state index contributed by atoms with van der Waals surface area (Å²) in [6.45, 7) is 6.17. The van der Waals surface area contributed by atoms with Crippen molar-refractivity contribution in [2.45, 2.75) is 56.7 Å². The Morgan fingerprint density at radius 2 is 2.00 bits per heavy atom. The maximum Gasteiger partial charge on any atom is 0.146 e. The molecule has 2 aromatic heterocycles. The van der Waals surface area contributed by atoms with Gasteiger partial charge in [0, 0.05) is 16.7 Å². The number of rotatable bonds is 2. The van der Waals surface area contributed by atoms with Gasteiger partial charge in [-0.05, 0) is 39.2 Å². The van der Waals surface area contributed by atoms with Crippen molar-refractivity contribution in [1.29, 1.82) is 0 Å². The molecule has 0 N–H and O–H groups in total. The Kier molecular flexibility index (Phi) is 3.82. The van der Waals surface area contributed by atoms with E-state index in [1.807, 2.05) is 6.92 Å². The molecule has 2 heterocycles. The third kappa shape index (κ3) is 2.49. The highest BCUT2D eigenvalue weighted by Gasteiger charge is 2.25. The summed E-state index contributed by atoms with van der Waals surface area (Å²) in [5.74, 6) is 1.18. The molecule has 3 nitrogen and oxygen atoms in total. The van der Waals surface area contributed by atoms with E-state index < -0.39 is 0 Å². The molecule has 0 aromatic carbocycles. The molecular weight excluding hydrogens is 288 g/mol. The first kappa shape index (κ1) is 14.0. The molecule has 0 amide bonds. The Morgan fingerprint density at radius 1 is 1.20 bits per heavy atom.